The van der Waals surface area contributed by atoms with Crippen molar-refractivity contribution in [2.24, 2.45) is 5.11 Å². The Labute approximate surface area is 145 Å². The predicted octanol–water partition coefficient (Wildman–Crippen LogP) is 0.290. The second-order valence-electron chi connectivity index (χ2n) is 5.35. The number of carbonyl (C=O) groups excluding carboxylic acids is 2. The zero-order valence-electron chi connectivity index (χ0n) is 12.9. The van der Waals surface area contributed by atoms with E-state index in [0.717, 1.165) is 4.90 Å². The van der Waals surface area contributed by atoms with Crippen molar-refractivity contribution < 1.29 is 29.4 Å². The number of rotatable bonds is 8. The molecule has 25 heavy (non-hydrogen) atoms. The number of fused-ring (bicyclic) bond motifs is 1. The number of amides is 2. The van der Waals surface area contributed by atoms with Gasteiger partial charge in [0.05, 0.1) is 6.54 Å². The highest BCUT2D eigenvalue weighted by atomic mass is 32.2. The van der Waals surface area contributed by atoms with Crippen LogP contribution < -0.4 is 5.32 Å². The third kappa shape index (κ3) is 4.03. The fourth-order valence-electron chi connectivity index (χ4n) is 2.57. The smallest absolute Gasteiger partial charge is 0.352 e. The van der Waals surface area contributed by atoms with Crippen molar-refractivity contribution in [3.8, 4) is 0 Å². The summed E-state index contributed by atoms with van der Waals surface area (Å²) >= 11 is 1.27. The molecule has 0 aromatic rings. The average molecular weight is 369 g/mol. The number of carboxylic acids is 2. The topological polar surface area (TPSA) is 173 Å². The van der Waals surface area contributed by atoms with Crippen LogP contribution in [0.1, 0.15) is 19.3 Å². The van der Waals surface area contributed by atoms with Crippen molar-refractivity contribution in [1.29, 1.82) is 0 Å². The summed E-state index contributed by atoms with van der Waals surface area (Å²) in [5.41, 5.74) is 8.50. The van der Waals surface area contributed by atoms with Crippen molar-refractivity contribution in [3.05, 3.63) is 21.7 Å². The molecule has 0 spiro atoms. The lowest BCUT2D eigenvalue weighted by molar-refractivity contribution is -0.150. The standard InChI is InChI=1S/C13H15N5O6S/c14-17-15-4-6-5-25-12-9(11(22)18(12)10(6)13(23)24)16-7(19)2-1-3-8(20)21/h9,12H,1-5H2,(H,16,19)(H,20,21)(H,23,24)/t9-,12-/m1/s1. The maximum Gasteiger partial charge on any atom is 0.352 e. The average Bonchev–Trinajstić information content (AvgIpc) is 2.56. The first-order chi connectivity index (χ1) is 11.9. The zero-order valence-corrected chi connectivity index (χ0v) is 13.7. The maximum absolute atomic E-state index is 12.3. The van der Waals surface area contributed by atoms with Gasteiger partial charge in [0.15, 0.2) is 0 Å². The molecular formula is C13H15N5O6S. The number of hydrogen-bond donors (Lipinski definition) is 3. The van der Waals surface area contributed by atoms with Crippen molar-refractivity contribution in [2.75, 3.05) is 12.3 Å². The Morgan fingerprint density at radius 2 is 2.08 bits per heavy atom. The van der Waals surface area contributed by atoms with Crippen LogP contribution in [-0.4, -0.2) is 62.6 Å². The molecule has 1 fully saturated rings. The number of azide groups is 1. The molecule has 0 radical (unpaired) electrons. The first kappa shape index (κ1) is 18.6. The van der Waals surface area contributed by atoms with Gasteiger partial charge in [-0.1, -0.05) is 5.11 Å². The van der Waals surface area contributed by atoms with Gasteiger partial charge in [0.25, 0.3) is 5.91 Å². The highest BCUT2D eigenvalue weighted by Crippen LogP contribution is 2.40. The van der Waals surface area contributed by atoms with Gasteiger partial charge in [0.2, 0.25) is 5.91 Å². The molecule has 0 aromatic carbocycles. The normalized spacial score (nSPS) is 21.8. The number of hydrogen-bond acceptors (Lipinski definition) is 6. The molecule has 0 unspecified atom stereocenters. The van der Waals surface area contributed by atoms with Crippen molar-refractivity contribution in [1.82, 2.24) is 10.2 Å². The number of nitrogens with one attached hydrogen (secondary N) is 1. The Morgan fingerprint density at radius 1 is 1.36 bits per heavy atom. The van der Waals surface area contributed by atoms with E-state index in [1.165, 1.54) is 11.8 Å². The monoisotopic (exact) mass is 369 g/mol. The zero-order chi connectivity index (χ0) is 18.6. The molecule has 2 atom stereocenters. The van der Waals surface area contributed by atoms with Crippen LogP contribution in [0.15, 0.2) is 16.4 Å². The quantitative estimate of drug-likeness (QED) is 0.238. The fourth-order valence-corrected chi connectivity index (χ4v) is 3.90. The lowest BCUT2D eigenvalue weighted by Crippen LogP contribution is -2.70. The van der Waals surface area contributed by atoms with Crippen LogP contribution in [-0.2, 0) is 19.2 Å². The minimum Gasteiger partial charge on any atom is -0.481 e. The van der Waals surface area contributed by atoms with Crippen LogP contribution in [0.25, 0.3) is 10.4 Å². The van der Waals surface area contributed by atoms with Gasteiger partial charge in [-0.3, -0.25) is 19.3 Å². The van der Waals surface area contributed by atoms with E-state index in [2.05, 4.69) is 15.3 Å². The fraction of sp³-hybridized carbons (Fsp3) is 0.538. The van der Waals surface area contributed by atoms with Crippen LogP contribution in [0.3, 0.4) is 0 Å². The molecule has 2 amide bonds. The van der Waals surface area contributed by atoms with E-state index in [4.69, 9.17) is 10.6 Å². The molecule has 0 aromatic heterocycles. The number of carbonyl (C=O) groups is 4. The Kier molecular flexibility index (Phi) is 5.88. The molecule has 1 saturated heterocycles. The molecule has 0 saturated carbocycles. The summed E-state index contributed by atoms with van der Waals surface area (Å²) in [5, 5.41) is 23.2. The van der Waals surface area contributed by atoms with Crippen LogP contribution in [0.2, 0.25) is 0 Å². The molecule has 11 nitrogen and oxygen atoms in total. The van der Waals surface area contributed by atoms with Gasteiger partial charge in [0, 0.05) is 23.5 Å². The minimum absolute atomic E-state index is 0.0305. The molecule has 2 heterocycles. The summed E-state index contributed by atoms with van der Waals surface area (Å²) in [6, 6.07) is -0.849. The van der Waals surface area contributed by atoms with Gasteiger partial charge in [0.1, 0.15) is 17.1 Å². The third-order valence-electron chi connectivity index (χ3n) is 3.69. The molecule has 3 N–H and O–H groups in total. The number of β-lactam (4-membered cyclic amide) rings is 1. The summed E-state index contributed by atoms with van der Waals surface area (Å²) in [4.78, 5) is 49.6. The molecular weight excluding hydrogens is 354 g/mol. The maximum atomic E-state index is 12.3. The van der Waals surface area contributed by atoms with Gasteiger partial charge in [-0.2, -0.15) is 0 Å². The summed E-state index contributed by atoms with van der Waals surface area (Å²) in [7, 11) is 0. The molecule has 0 bridgehead atoms. The van der Waals surface area contributed by atoms with Gasteiger partial charge >= 0.3 is 11.9 Å². The number of thioether (sulfide) groups is 1. The summed E-state index contributed by atoms with van der Waals surface area (Å²) < 4.78 is 0. The second kappa shape index (κ2) is 7.90. The Hall–Kier alpha value is -2.72. The summed E-state index contributed by atoms with van der Waals surface area (Å²) in [5.74, 6) is -3.06. The van der Waals surface area contributed by atoms with E-state index in [0.29, 0.717) is 5.57 Å². The molecule has 12 heteroatoms. The second-order valence-corrected chi connectivity index (χ2v) is 6.45. The Bertz CT molecular complexity index is 701. The van der Waals surface area contributed by atoms with E-state index in [-0.39, 0.29) is 37.3 Å². The predicted molar refractivity (Wildman–Crippen MR) is 85.2 cm³/mol. The minimum atomic E-state index is -1.30. The van der Waals surface area contributed by atoms with Crippen molar-refractivity contribution >= 4 is 35.5 Å². The number of nitrogens with zero attached hydrogens (tertiary/aromatic N) is 4. The lowest BCUT2D eigenvalue weighted by Gasteiger charge is -2.49. The van der Waals surface area contributed by atoms with Crippen LogP contribution in [0, 0.1) is 0 Å². The van der Waals surface area contributed by atoms with Crippen molar-refractivity contribution in [3.63, 3.8) is 0 Å². The van der Waals surface area contributed by atoms with Crippen LogP contribution in [0.4, 0.5) is 0 Å². The Balaban J connectivity index is 2.03. The Morgan fingerprint density at radius 3 is 2.68 bits per heavy atom. The van der Waals surface area contributed by atoms with Gasteiger partial charge in [-0.25, -0.2) is 4.79 Å². The molecule has 2 rings (SSSR count). The number of aliphatic carboxylic acids is 2. The molecule has 2 aliphatic rings. The molecule has 134 valence electrons. The van der Waals surface area contributed by atoms with Gasteiger partial charge in [-0.15, -0.1) is 11.8 Å². The van der Waals surface area contributed by atoms with E-state index in [1.807, 2.05) is 0 Å². The summed E-state index contributed by atoms with van der Waals surface area (Å²) in [6.07, 6.45) is -0.0254. The first-order valence-electron chi connectivity index (χ1n) is 7.28. The largest absolute Gasteiger partial charge is 0.481 e. The van der Waals surface area contributed by atoms with Gasteiger partial charge < -0.3 is 15.5 Å². The SMILES string of the molecule is [N-]=[N+]=NCC1=C(C(=O)O)N2C(=O)[C@@H](NC(=O)CCCC(=O)O)[C@H]2SC1. The number of carboxylic acid groups (broad SMARTS) is 2. The van der Waals surface area contributed by atoms with Crippen LogP contribution in [0.5, 0.6) is 0 Å². The van der Waals surface area contributed by atoms with E-state index < -0.39 is 35.2 Å². The van der Waals surface area contributed by atoms with E-state index in [9.17, 15) is 24.3 Å². The van der Waals surface area contributed by atoms with Gasteiger partial charge in [-0.05, 0) is 17.5 Å². The van der Waals surface area contributed by atoms with Crippen molar-refractivity contribution in [2.45, 2.75) is 30.7 Å². The highest BCUT2D eigenvalue weighted by molar-refractivity contribution is 8.00. The molecule has 0 aliphatic carbocycles. The first-order valence-corrected chi connectivity index (χ1v) is 8.33. The summed E-state index contributed by atoms with van der Waals surface area (Å²) in [6.45, 7) is -0.145. The molecule has 2 aliphatic heterocycles. The highest BCUT2D eigenvalue weighted by Gasteiger charge is 2.53. The lowest BCUT2D eigenvalue weighted by atomic mass is 10.0. The van der Waals surface area contributed by atoms with E-state index in [1.54, 1.807) is 0 Å². The van der Waals surface area contributed by atoms with E-state index >= 15 is 0 Å². The van der Waals surface area contributed by atoms with Crippen LogP contribution >= 0.6 is 11.8 Å². The third-order valence-corrected chi connectivity index (χ3v) is 5.03.